The Balaban J connectivity index is 1.87. The molecule has 0 spiro atoms. The maximum absolute atomic E-state index is 13.7. The van der Waals surface area contributed by atoms with Crippen molar-refractivity contribution in [1.29, 1.82) is 0 Å². The zero-order valence-corrected chi connectivity index (χ0v) is 12.4. The number of carboxylic acids is 1. The minimum atomic E-state index is -0.962. The van der Waals surface area contributed by atoms with Crippen LogP contribution in [0.15, 0.2) is 30.4 Å². The fourth-order valence-electron chi connectivity index (χ4n) is 2.35. The quantitative estimate of drug-likeness (QED) is 0.847. The number of piperazine rings is 1. The highest BCUT2D eigenvalue weighted by molar-refractivity contribution is 6.31. The molecule has 1 fully saturated rings. The van der Waals surface area contributed by atoms with Crippen molar-refractivity contribution in [3.8, 4) is 0 Å². The molecular weight excluding hydrogens is 295 g/mol. The van der Waals surface area contributed by atoms with Gasteiger partial charge in [-0.2, -0.15) is 0 Å². The van der Waals surface area contributed by atoms with Gasteiger partial charge in [-0.1, -0.05) is 24.2 Å². The fourth-order valence-corrected chi connectivity index (χ4v) is 2.57. The average molecular weight is 313 g/mol. The first-order valence-electron chi connectivity index (χ1n) is 6.76. The summed E-state index contributed by atoms with van der Waals surface area (Å²) in [4.78, 5) is 14.9. The summed E-state index contributed by atoms with van der Waals surface area (Å²) >= 11 is 6.03. The second-order valence-corrected chi connectivity index (χ2v) is 5.57. The van der Waals surface area contributed by atoms with Gasteiger partial charge >= 0.3 is 5.97 Å². The molecule has 0 saturated carbocycles. The van der Waals surface area contributed by atoms with E-state index in [0.29, 0.717) is 23.7 Å². The molecule has 1 aliphatic rings. The molecule has 0 radical (unpaired) electrons. The number of rotatable bonds is 5. The molecule has 0 aliphatic carbocycles. The van der Waals surface area contributed by atoms with E-state index < -0.39 is 5.97 Å². The third-order valence-corrected chi connectivity index (χ3v) is 3.98. The number of halogens is 2. The Hall–Kier alpha value is -1.43. The van der Waals surface area contributed by atoms with E-state index in [-0.39, 0.29) is 11.4 Å². The van der Waals surface area contributed by atoms with Crippen LogP contribution in [0.4, 0.5) is 4.39 Å². The molecule has 4 nitrogen and oxygen atoms in total. The highest BCUT2D eigenvalue weighted by atomic mass is 35.5. The lowest BCUT2D eigenvalue weighted by molar-refractivity contribution is -0.132. The van der Waals surface area contributed by atoms with E-state index >= 15 is 0 Å². The fraction of sp³-hybridized carbons (Fsp3) is 0.400. The summed E-state index contributed by atoms with van der Waals surface area (Å²) in [5.74, 6) is -1.25. The van der Waals surface area contributed by atoms with Crippen LogP contribution in [0.2, 0.25) is 5.02 Å². The van der Waals surface area contributed by atoms with Gasteiger partial charge in [-0.3, -0.25) is 9.80 Å². The van der Waals surface area contributed by atoms with Gasteiger partial charge in [-0.05, 0) is 12.1 Å². The number of hydrogen-bond acceptors (Lipinski definition) is 3. The molecule has 1 aromatic carbocycles. The van der Waals surface area contributed by atoms with Gasteiger partial charge in [0.25, 0.3) is 0 Å². The number of nitrogens with zero attached hydrogens (tertiary/aromatic N) is 2. The molecule has 1 N–H and O–H groups in total. The Morgan fingerprint density at radius 1 is 1.29 bits per heavy atom. The minimum Gasteiger partial charge on any atom is -0.478 e. The van der Waals surface area contributed by atoms with E-state index in [9.17, 15) is 9.18 Å². The van der Waals surface area contributed by atoms with Crippen molar-refractivity contribution in [3.05, 3.63) is 46.8 Å². The highest BCUT2D eigenvalue weighted by Crippen LogP contribution is 2.21. The van der Waals surface area contributed by atoms with Gasteiger partial charge < -0.3 is 5.11 Å². The molecular formula is C15H18ClFN2O2. The smallest absolute Gasteiger partial charge is 0.332 e. The number of benzene rings is 1. The van der Waals surface area contributed by atoms with Crippen LogP contribution < -0.4 is 0 Å². The maximum atomic E-state index is 13.7. The number of carbonyl (C=O) groups is 1. The summed E-state index contributed by atoms with van der Waals surface area (Å²) in [5, 5.41) is 9.27. The predicted octanol–water partition coefficient (Wildman–Crippen LogP) is 2.24. The topological polar surface area (TPSA) is 43.8 Å². The Bertz CT molecular complexity index is 522. The van der Waals surface area contributed by atoms with Crippen LogP contribution in [0.5, 0.6) is 0 Å². The van der Waals surface area contributed by atoms with Gasteiger partial charge in [0.2, 0.25) is 0 Å². The third-order valence-electron chi connectivity index (χ3n) is 3.63. The Morgan fingerprint density at radius 3 is 2.48 bits per heavy atom. The average Bonchev–Trinajstić information content (AvgIpc) is 2.44. The lowest BCUT2D eigenvalue weighted by Gasteiger charge is -2.34. The first-order valence-corrected chi connectivity index (χ1v) is 7.14. The van der Waals surface area contributed by atoms with E-state index in [1.54, 1.807) is 12.1 Å². The highest BCUT2D eigenvalue weighted by Gasteiger charge is 2.20. The number of carboxylic acid groups (broad SMARTS) is 1. The van der Waals surface area contributed by atoms with Crippen molar-refractivity contribution in [2.24, 2.45) is 0 Å². The molecule has 2 rings (SSSR count). The molecule has 1 aliphatic heterocycles. The molecule has 0 unspecified atom stereocenters. The largest absolute Gasteiger partial charge is 0.478 e. The summed E-state index contributed by atoms with van der Waals surface area (Å²) in [6.45, 7) is 7.34. The summed E-state index contributed by atoms with van der Waals surface area (Å²) in [6, 6.07) is 4.69. The summed E-state index contributed by atoms with van der Waals surface area (Å²) in [7, 11) is 0. The van der Waals surface area contributed by atoms with Gasteiger partial charge in [0.05, 0.1) is 0 Å². The van der Waals surface area contributed by atoms with Crippen LogP contribution in [-0.4, -0.2) is 53.6 Å². The maximum Gasteiger partial charge on any atom is 0.332 e. The van der Waals surface area contributed by atoms with Gasteiger partial charge in [-0.25, -0.2) is 9.18 Å². The molecule has 1 heterocycles. The molecule has 0 atom stereocenters. The van der Waals surface area contributed by atoms with Crippen LogP contribution in [0, 0.1) is 5.82 Å². The first kappa shape index (κ1) is 15.9. The van der Waals surface area contributed by atoms with E-state index in [4.69, 9.17) is 16.7 Å². The molecule has 0 bridgehead atoms. The molecule has 114 valence electrons. The lowest BCUT2D eigenvalue weighted by atomic mass is 10.1. The standard InChI is InChI=1S/C15H18ClFN2O2/c1-11(15(20)21)9-18-5-7-19(8-6-18)10-12-13(16)3-2-4-14(12)17/h2-4H,1,5-10H2,(H,20,21). The Morgan fingerprint density at radius 2 is 1.90 bits per heavy atom. The summed E-state index contributed by atoms with van der Waals surface area (Å²) in [6.07, 6.45) is 0. The minimum absolute atomic E-state index is 0.195. The van der Waals surface area contributed by atoms with E-state index in [2.05, 4.69) is 11.5 Å². The summed E-state index contributed by atoms with van der Waals surface area (Å²) < 4.78 is 13.7. The second kappa shape index (κ2) is 7.02. The predicted molar refractivity (Wildman–Crippen MR) is 79.9 cm³/mol. The van der Waals surface area contributed by atoms with Crippen LogP contribution >= 0.6 is 11.6 Å². The van der Waals surface area contributed by atoms with Gasteiger partial charge in [0.1, 0.15) is 5.82 Å². The molecule has 1 aromatic rings. The van der Waals surface area contributed by atoms with E-state index in [1.165, 1.54) is 6.07 Å². The zero-order valence-electron chi connectivity index (χ0n) is 11.7. The van der Waals surface area contributed by atoms with Crippen LogP contribution in [0.1, 0.15) is 5.56 Å². The van der Waals surface area contributed by atoms with Crippen LogP contribution in [-0.2, 0) is 11.3 Å². The monoisotopic (exact) mass is 312 g/mol. The SMILES string of the molecule is C=C(CN1CCN(Cc2c(F)cccc2Cl)CC1)C(=O)O. The normalized spacial score (nSPS) is 16.9. The number of aliphatic carboxylic acids is 1. The third kappa shape index (κ3) is 4.27. The van der Waals surface area contributed by atoms with E-state index in [1.807, 2.05) is 4.90 Å². The van der Waals surface area contributed by atoms with Crippen molar-refractivity contribution in [2.45, 2.75) is 6.54 Å². The molecule has 0 amide bonds. The number of hydrogen-bond donors (Lipinski definition) is 1. The second-order valence-electron chi connectivity index (χ2n) is 5.16. The van der Waals surface area contributed by atoms with Gasteiger partial charge in [0.15, 0.2) is 0 Å². The van der Waals surface area contributed by atoms with Crippen molar-refractivity contribution in [2.75, 3.05) is 32.7 Å². The zero-order chi connectivity index (χ0) is 15.4. The lowest BCUT2D eigenvalue weighted by Crippen LogP contribution is -2.46. The molecule has 21 heavy (non-hydrogen) atoms. The van der Waals surface area contributed by atoms with Crippen molar-refractivity contribution >= 4 is 17.6 Å². The van der Waals surface area contributed by atoms with Crippen LogP contribution in [0.3, 0.4) is 0 Å². The summed E-state index contributed by atoms with van der Waals surface area (Å²) in [5.41, 5.74) is 0.711. The molecule has 0 aromatic heterocycles. The van der Waals surface area contributed by atoms with Crippen molar-refractivity contribution in [1.82, 2.24) is 9.80 Å². The first-order chi connectivity index (χ1) is 9.97. The molecule has 6 heteroatoms. The van der Waals surface area contributed by atoms with Gasteiger partial charge in [-0.15, -0.1) is 0 Å². The van der Waals surface area contributed by atoms with Crippen LogP contribution in [0.25, 0.3) is 0 Å². The molecule has 1 saturated heterocycles. The van der Waals surface area contributed by atoms with Crippen molar-refractivity contribution < 1.29 is 14.3 Å². The Kier molecular flexibility index (Phi) is 5.33. The Labute approximate surface area is 128 Å². The van der Waals surface area contributed by atoms with E-state index in [0.717, 1.165) is 26.2 Å². The van der Waals surface area contributed by atoms with Gasteiger partial charge in [0, 0.05) is 55.4 Å². The van der Waals surface area contributed by atoms with Crippen molar-refractivity contribution in [3.63, 3.8) is 0 Å².